The number of sulfone groups is 1. The van der Waals surface area contributed by atoms with Crippen molar-refractivity contribution in [3.8, 4) is 0 Å². The maximum atomic E-state index is 11.6. The summed E-state index contributed by atoms with van der Waals surface area (Å²) >= 11 is 3.55. The molecule has 8 heteroatoms. The highest BCUT2D eigenvalue weighted by molar-refractivity contribution is 14.2. The molecule has 0 heterocycles. The first-order valence-electron chi connectivity index (χ1n) is 3.62. The van der Waals surface area contributed by atoms with Crippen LogP contribution in [0.2, 0.25) is 0 Å². The molecule has 0 aliphatic carbocycles. The van der Waals surface area contributed by atoms with Gasteiger partial charge in [-0.1, -0.05) is 45.2 Å². The van der Waals surface area contributed by atoms with E-state index in [-0.39, 0.29) is 10.6 Å². The third kappa shape index (κ3) is 3.00. The van der Waals surface area contributed by atoms with Crippen molar-refractivity contribution < 1.29 is 13.3 Å². The Morgan fingerprint density at radius 1 is 1.20 bits per heavy atom. The summed E-state index contributed by atoms with van der Waals surface area (Å²) in [7, 11) is -3.37. The molecule has 0 aliphatic heterocycles. The van der Waals surface area contributed by atoms with Gasteiger partial charge in [-0.25, -0.2) is 8.42 Å². The number of alkyl halides is 2. The fraction of sp³-hybridized carbons (Fsp3) is 0.143. The van der Waals surface area contributed by atoms with Crippen molar-refractivity contribution >= 4 is 60.7 Å². The number of non-ortho nitro benzene ring substituents is 1. The van der Waals surface area contributed by atoms with E-state index < -0.39 is 16.0 Å². The first-order valence-corrected chi connectivity index (χ1v) is 7.66. The number of hydrogen-bond donors (Lipinski definition) is 0. The van der Waals surface area contributed by atoms with Gasteiger partial charge in [-0.2, -0.15) is 0 Å². The second-order valence-corrected chi connectivity index (χ2v) is 11.2. The summed E-state index contributed by atoms with van der Waals surface area (Å²) in [6, 6.07) is 4.86. The van der Waals surface area contributed by atoms with E-state index in [1.165, 1.54) is 24.3 Å². The van der Waals surface area contributed by atoms with Crippen LogP contribution in [0.25, 0.3) is 0 Å². The van der Waals surface area contributed by atoms with Crippen LogP contribution in [0, 0.1) is 10.1 Å². The van der Waals surface area contributed by atoms with Gasteiger partial charge >= 0.3 is 0 Å². The van der Waals surface area contributed by atoms with Gasteiger partial charge in [0.15, 0.2) is 11.1 Å². The Bertz CT molecular complexity index is 468. The molecule has 1 aromatic carbocycles. The second kappa shape index (κ2) is 4.91. The van der Waals surface area contributed by atoms with Crippen molar-refractivity contribution in [3.63, 3.8) is 0 Å². The highest BCUT2D eigenvalue weighted by Gasteiger charge is 2.22. The molecule has 0 aliphatic rings. The van der Waals surface area contributed by atoms with Crippen LogP contribution >= 0.6 is 45.2 Å². The zero-order chi connectivity index (χ0) is 11.6. The second-order valence-electron chi connectivity index (χ2n) is 2.56. The van der Waals surface area contributed by atoms with Crippen LogP contribution in [0.3, 0.4) is 0 Å². The smallest absolute Gasteiger partial charge is 0.258 e. The molecular weight excluding hydrogens is 448 g/mol. The average Bonchev–Trinajstić information content (AvgIpc) is 2.17. The Morgan fingerprint density at radius 2 is 1.67 bits per heavy atom. The molecule has 82 valence electrons. The lowest BCUT2D eigenvalue weighted by atomic mass is 10.3. The van der Waals surface area contributed by atoms with Gasteiger partial charge in [0.05, 0.1) is 9.82 Å². The zero-order valence-corrected chi connectivity index (χ0v) is 12.3. The fourth-order valence-corrected chi connectivity index (χ4v) is 3.34. The molecule has 0 amide bonds. The summed E-state index contributed by atoms with van der Waals surface area (Å²) in [6.07, 6.45) is 0. The molecule has 0 atom stereocenters. The maximum Gasteiger partial charge on any atom is 0.269 e. The van der Waals surface area contributed by atoms with Gasteiger partial charge in [-0.05, 0) is 12.1 Å². The third-order valence-corrected chi connectivity index (χ3v) is 7.03. The van der Waals surface area contributed by atoms with Gasteiger partial charge in [0.1, 0.15) is 0 Å². The predicted octanol–water partition coefficient (Wildman–Crippen LogP) is 2.52. The van der Waals surface area contributed by atoms with Crippen molar-refractivity contribution in [3.05, 3.63) is 34.4 Å². The molecule has 15 heavy (non-hydrogen) atoms. The maximum absolute atomic E-state index is 11.6. The number of nitrogens with zero attached hydrogens (tertiary/aromatic N) is 1. The van der Waals surface area contributed by atoms with Crippen LogP contribution in [0.5, 0.6) is 0 Å². The lowest BCUT2D eigenvalue weighted by molar-refractivity contribution is -0.384. The minimum atomic E-state index is -3.37. The van der Waals surface area contributed by atoms with E-state index in [1.54, 1.807) is 45.2 Å². The third-order valence-electron chi connectivity index (χ3n) is 1.61. The van der Waals surface area contributed by atoms with Gasteiger partial charge < -0.3 is 0 Å². The lowest BCUT2D eigenvalue weighted by Gasteiger charge is -2.04. The Morgan fingerprint density at radius 3 is 2.00 bits per heavy atom. The van der Waals surface area contributed by atoms with E-state index in [9.17, 15) is 18.5 Å². The summed E-state index contributed by atoms with van der Waals surface area (Å²) in [5.41, 5.74) is -0.118. The fourth-order valence-electron chi connectivity index (χ4n) is 0.860. The molecule has 0 radical (unpaired) electrons. The summed E-state index contributed by atoms with van der Waals surface area (Å²) < 4.78 is 22.7. The highest BCUT2D eigenvalue weighted by Crippen LogP contribution is 2.26. The van der Waals surface area contributed by atoms with Crippen molar-refractivity contribution in [2.45, 2.75) is 6.16 Å². The van der Waals surface area contributed by atoms with Gasteiger partial charge in [0, 0.05) is 12.1 Å². The summed E-state index contributed by atoms with van der Waals surface area (Å²) in [4.78, 5) is 9.88. The molecule has 0 bridgehead atoms. The van der Waals surface area contributed by atoms with Crippen molar-refractivity contribution in [2.75, 3.05) is 0 Å². The number of halogens is 2. The molecule has 1 aromatic rings. The molecule has 5 nitrogen and oxygen atoms in total. The number of nitro benzene ring substituents is 1. The molecule has 0 spiro atoms. The molecular formula is C7H5I2NO4S. The molecule has 0 fully saturated rings. The van der Waals surface area contributed by atoms with Gasteiger partial charge in [-0.3, -0.25) is 10.1 Å². The largest absolute Gasteiger partial charge is 0.269 e. The van der Waals surface area contributed by atoms with Crippen molar-refractivity contribution in [2.24, 2.45) is 0 Å². The molecule has 1 rings (SSSR count). The normalized spacial score (nSPS) is 11.7. The first-order chi connectivity index (χ1) is 6.85. The molecule has 0 saturated heterocycles. The van der Waals surface area contributed by atoms with Crippen molar-refractivity contribution in [1.82, 2.24) is 0 Å². The topological polar surface area (TPSA) is 77.3 Å². The summed E-state index contributed by atoms with van der Waals surface area (Å²) in [5.74, 6) is 0. The highest BCUT2D eigenvalue weighted by atomic mass is 127. The van der Waals surface area contributed by atoms with Crippen LogP contribution in [-0.2, 0) is 9.84 Å². The minimum absolute atomic E-state index is 0.0990. The van der Waals surface area contributed by atoms with E-state index >= 15 is 0 Å². The van der Waals surface area contributed by atoms with E-state index in [2.05, 4.69) is 0 Å². The number of rotatable bonds is 3. The molecule has 0 unspecified atom stereocenters. The standard InChI is InChI=1S/C7H5I2NO4S/c8-7(9)15(13,14)6-3-1-5(2-4-6)10(11)12/h1-4,7H. The predicted molar refractivity (Wildman–Crippen MR) is 72.1 cm³/mol. The van der Waals surface area contributed by atoms with Gasteiger partial charge in [0.25, 0.3) is 5.69 Å². The Labute approximate surface area is 114 Å². The van der Waals surface area contributed by atoms with E-state index in [4.69, 9.17) is 0 Å². The van der Waals surface area contributed by atoms with E-state index in [0.717, 1.165) is 0 Å². The first kappa shape index (κ1) is 13.1. The van der Waals surface area contributed by atoms with E-state index in [1.807, 2.05) is 0 Å². The minimum Gasteiger partial charge on any atom is -0.258 e. The van der Waals surface area contributed by atoms with Crippen molar-refractivity contribution in [1.29, 1.82) is 0 Å². The van der Waals surface area contributed by atoms with Crippen LogP contribution < -0.4 is 0 Å². The number of benzene rings is 1. The van der Waals surface area contributed by atoms with Gasteiger partial charge in [-0.15, -0.1) is 0 Å². The zero-order valence-electron chi connectivity index (χ0n) is 7.13. The monoisotopic (exact) mass is 453 g/mol. The Hall–Kier alpha value is 0.0300. The SMILES string of the molecule is O=[N+]([O-])c1ccc(S(=O)(=O)C(I)I)cc1. The lowest BCUT2D eigenvalue weighted by Crippen LogP contribution is -2.08. The number of hydrogen-bond acceptors (Lipinski definition) is 4. The molecule has 0 N–H and O–H groups in total. The average molecular weight is 453 g/mol. The van der Waals surface area contributed by atoms with Crippen LogP contribution in [-0.4, -0.2) is 14.6 Å². The summed E-state index contributed by atoms with van der Waals surface area (Å²) in [5, 5.41) is 10.3. The number of nitro groups is 1. The van der Waals surface area contributed by atoms with Crippen LogP contribution in [0.4, 0.5) is 5.69 Å². The molecule has 0 saturated carbocycles. The quantitative estimate of drug-likeness (QED) is 0.305. The summed E-state index contributed by atoms with van der Waals surface area (Å²) in [6.45, 7) is 0. The van der Waals surface area contributed by atoms with E-state index in [0.29, 0.717) is 0 Å². The molecule has 0 aromatic heterocycles. The Balaban J connectivity index is 3.15. The van der Waals surface area contributed by atoms with Crippen LogP contribution in [0.1, 0.15) is 0 Å². The van der Waals surface area contributed by atoms with Crippen LogP contribution in [0.15, 0.2) is 29.2 Å². The Kier molecular flexibility index (Phi) is 4.29. The van der Waals surface area contributed by atoms with Gasteiger partial charge in [0.2, 0.25) is 0 Å².